The number of hydrogen-bond donors (Lipinski definition) is 3. The van der Waals surface area contributed by atoms with Crippen LogP contribution in [0.25, 0.3) is 0 Å². The van der Waals surface area contributed by atoms with E-state index < -0.39 is 6.10 Å². The van der Waals surface area contributed by atoms with Crippen molar-refractivity contribution < 1.29 is 5.11 Å². The summed E-state index contributed by atoms with van der Waals surface area (Å²) in [5, 5.41) is 9.20. The van der Waals surface area contributed by atoms with Crippen molar-refractivity contribution in [2.45, 2.75) is 11.0 Å². The Kier molecular flexibility index (Phi) is 4.08. The molecule has 0 heterocycles. The van der Waals surface area contributed by atoms with Crippen LogP contribution in [0.15, 0.2) is 29.2 Å². The highest BCUT2D eigenvalue weighted by Crippen LogP contribution is 2.19. The highest BCUT2D eigenvalue weighted by atomic mass is 32.2. The summed E-state index contributed by atoms with van der Waals surface area (Å²) in [7, 11) is 0. The van der Waals surface area contributed by atoms with E-state index in [1.807, 2.05) is 24.3 Å². The van der Waals surface area contributed by atoms with Crippen molar-refractivity contribution in [1.82, 2.24) is 0 Å². The molecule has 0 aliphatic heterocycles. The number of nitrogen functional groups attached to an aromatic ring is 1. The molecule has 5 N–H and O–H groups in total. The topological polar surface area (TPSA) is 72.3 Å². The Labute approximate surface area is 82.1 Å². The average molecular weight is 198 g/mol. The first-order valence-electron chi connectivity index (χ1n) is 4.09. The zero-order chi connectivity index (χ0) is 9.68. The SMILES string of the molecule is NCC(O)CSc1ccc(N)cc1. The van der Waals surface area contributed by atoms with E-state index in [1.54, 1.807) is 11.8 Å². The highest BCUT2D eigenvalue weighted by Gasteiger charge is 2.01. The summed E-state index contributed by atoms with van der Waals surface area (Å²) in [6.07, 6.45) is -0.428. The van der Waals surface area contributed by atoms with Crippen LogP contribution in [0.2, 0.25) is 0 Å². The Morgan fingerprint density at radius 1 is 1.31 bits per heavy atom. The Bertz CT molecular complexity index is 250. The first kappa shape index (κ1) is 10.4. The maximum absolute atomic E-state index is 9.20. The number of aliphatic hydroxyl groups excluding tert-OH is 1. The number of thioether (sulfide) groups is 1. The molecule has 0 aromatic heterocycles. The second-order valence-corrected chi connectivity index (χ2v) is 3.86. The number of nitrogens with two attached hydrogens (primary N) is 2. The van der Waals surface area contributed by atoms with Crippen LogP contribution in [-0.4, -0.2) is 23.5 Å². The average Bonchev–Trinajstić information content (AvgIpc) is 2.16. The normalized spacial score (nSPS) is 12.8. The molecule has 0 radical (unpaired) electrons. The second kappa shape index (κ2) is 5.11. The molecule has 0 saturated carbocycles. The van der Waals surface area contributed by atoms with Crippen molar-refractivity contribution in [1.29, 1.82) is 0 Å². The minimum absolute atomic E-state index is 0.308. The predicted octanol–water partition coefficient (Wildman–Crippen LogP) is 0.681. The van der Waals surface area contributed by atoms with E-state index >= 15 is 0 Å². The third kappa shape index (κ3) is 3.67. The predicted molar refractivity (Wildman–Crippen MR) is 56.6 cm³/mol. The van der Waals surface area contributed by atoms with Gasteiger partial charge in [-0.2, -0.15) is 0 Å². The van der Waals surface area contributed by atoms with Crippen LogP contribution >= 0.6 is 11.8 Å². The van der Waals surface area contributed by atoms with Crippen LogP contribution in [0.4, 0.5) is 5.69 Å². The van der Waals surface area contributed by atoms with E-state index in [9.17, 15) is 5.11 Å². The fourth-order valence-electron chi connectivity index (χ4n) is 0.825. The maximum atomic E-state index is 9.20. The molecule has 1 atom stereocenters. The summed E-state index contributed by atoms with van der Waals surface area (Å²) in [5.41, 5.74) is 11.6. The summed E-state index contributed by atoms with van der Waals surface area (Å²) in [6, 6.07) is 7.56. The molecular weight excluding hydrogens is 184 g/mol. The summed E-state index contributed by atoms with van der Waals surface area (Å²) in [6.45, 7) is 0.308. The largest absolute Gasteiger partial charge is 0.399 e. The Morgan fingerprint density at radius 3 is 2.46 bits per heavy atom. The van der Waals surface area contributed by atoms with Crippen LogP contribution in [0, 0.1) is 0 Å². The molecule has 0 aliphatic rings. The van der Waals surface area contributed by atoms with Gasteiger partial charge in [-0.05, 0) is 24.3 Å². The number of hydrogen-bond acceptors (Lipinski definition) is 4. The van der Waals surface area contributed by atoms with Crippen molar-refractivity contribution in [3.05, 3.63) is 24.3 Å². The van der Waals surface area contributed by atoms with Crippen molar-refractivity contribution in [3.8, 4) is 0 Å². The van der Waals surface area contributed by atoms with Crippen LogP contribution in [0.5, 0.6) is 0 Å². The fourth-order valence-corrected chi connectivity index (χ4v) is 1.67. The Balaban J connectivity index is 2.41. The number of benzene rings is 1. The second-order valence-electron chi connectivity index (χ2n) is 2.77. The summed E-state index contributed by atoms with van der Waals surface area (Å²) in [5.74, 6) is 0.625. The lowest BCUT2D eigenvalue weighted by atomic mass is 10.3. The van der Waals surface area contributed by atoms with Gasteiger partial charge in [0.25, 0.3) is 0 Å². The van der Waals surface area contributed by atoms with Crippen molar-refractivity contribution >= 4 is 17.4 Å². The molecule has 4 heteroatoms. The fraction of sp³-hybridized carbons (Fsp3) is 0.333. The van der Waals surface area contributed by atoms with Gasteiger partial charge < -0.3 is 16.6 Å². The monoisotopic (exact) mass is 198 g/mol. The lowest BCUT2D eigenvalue weighted by Gasteiger charge is -2.06. The summed E-state index contributed by atoms with van der Waals surface area (Å²) in [4.78, 5) is 1.10. The van der Waals surface area contributed by atoms with Crippen LogP contribution in [0.1, 0.15) is 0 Å². The van der Waals surface area contributed by atoms with E-state index in [4.69, 9.17) is 11.5 Å². The molecule has 1 aromatic rings. The molecule has 0 amide bonds. The van der Waals surface area contributed by atoms with Crippen molar-refractivity contribution in [3.63, 3.8) is 0 Å². The highest BCUT2D eigenvalue weighted by molar-refractivity contribution is 7.99. The molecule has 0 spiro atoms. The quantitative estimate of drug-likeness (QED) is 0.491. The minimum Gasteiger partial charge on any atom is -0.399 e. The minimum atomic E-state index is -0.428. The molecule has 13 heavy (non-hydrogen) atoms. The van der Waals surface area contributed by atoms with Gasteiger partial charge in [0, 0.05) is 22.9 Å². The van der Waals surface area contributed by atoms with Gasteiger partial charge in [0.2, 0.25) is 0 Å². The van der Waals surface area contributed by atoms with Crippen molar-refractivity contribution in [2.24, 2.45) is 5.73 Å². The zero-order valence-electron chi connectivity index (χ0n) is 7.31. The number of rotatable bonds is 4. The smallest absolute Gasteiger partial charge is 0.0756 e. The molecule has 1 unspecified atom stereocenters. The molecule has 0 saturated heterocycles. The molecule has 1 rings (SSSR count). The summed E-state index contributed by atoms with van der Waals surface area (Å²) >= 11 is 1.58. The van der Waals surface area contributed by atoms with Gasteiger partial charge in [-0.3, -0.25) is 0 Å². The first-order valence-corrected chi connectivity index (χ1v) is 5.07. The number of anilines is 1. The van der Waals surface area contributed by atoms with Crippen LogP contribution < -0.4 is 11.5 Å². The lowest BCUT2D eigenvalue weighted by Crippen LogP contribution is -2.21. The molecule has 72 valence electrons. The van der Waals surface area contributed by atoms with Crippen molar-refractivity contribution in [2.75, 3.05) is 18.0 Å². The van der Waals surface area contributed by atoms with Gasteiger partial charge in [-0.25, -0.2) is 0 Å². The van der Waals surface area contributed by atoms with E-state index in [1.165, 1.54) is 0 Å². The van der Waals surface area contributed by atoms with E-state index in [0.717, 1.165) is 10.6 Å². The summed E-state index contributed by atoms with van der Waals surface area (Å²) < 4.78 is 0. The van der Waals surface area contributed by atoms with Gasteiger partial charge in [0.05, 0.1) is 6.10 Å². The maximum Gasteiger partial charge on any atom is 0.0756 e. The zero-order valence-corrected chi connectivity index (χ0v) is 8.13. The molecule has 0 fully saturated rings. The lowest BCUT2D eigenvalue weighted by molar-refractivity contribution is 0.208. The third-order valence-electron chi connectivity index (χ3n) is 1.59. The van der Waals surface area contributed by atoms with E-state index in [2.05, 4.69) is 0 Å². The van der Waals surface area contributed by atoms with E-state index in [-0.39, 0.29) is 0 Å². The Hall–Kier alpha value is -0.710. The van der Waals surface area contributed by atoms with Gasteiger partial charge in [-0.15, -0.1) is 11.8 Å². The van der Waals surface area contributed by atoms with Gasteiger partial charge in [-0.1, -0.05) is 0 Å². The Morgan fingerprint density at radius 2 is 1.92 bits per heavy atom. The van der Waals surface area contributed by atoms with E-state index in [0.29, 0.717) is 12.3 Å². The van der Waals surface area contributed by atoms with Crippen LogP contribution in [0.3, 0.4) is 0 Å². The first-order chi connectivity index (χ1) is 6.22. The van der Waals surface area contributed by atoms with Gasteiger partial charge in [0.1, 0.15) is 0 Å². The number of aliphatic hydroxyl groups is 1. The standard InChI is InChI=1S/C9H14N2OS/c10-5-8(12)6-13-9-3-1-7(11)2-4-9/h1-4,8,12H,5-6,10-11H2. The van der Waals surface area contributed by atoms with Gasteiger partial charge >= 0.3 is 0 Å². The van der Waals surface area contributed by atoms with Gasteiger partial charge in [0.15, 0.2) is 0 Å². The third-order valence-corrected chi connectivity index (χ3v) is 2.75. The molecule has 0 bridgehead atoms. The molecule has 0 aliphatic carbocycles. The molecular formula is C9H14N2OS. The molecule has 3 nitrogen and oxygen atoms in total. The van der Waals surface area contributed by atoms with Crippen LogP contribution in [-0.2, 0) is 0 Å². The molecule has 1 aromatic carbocycles.